The number of amides is 4. The average Bonchev–Trinajstić information content (AvgIpc) is 3.26. The minimum absolute atomic E-state index is 0.172. The number of anilines is 1. The second-order valence-electron chi connectivity index (χ2n) is 6.59. The summed E-state index contributed by atoms with van der Waals surface area (Å²) >= 11 is 2.59. The monoisotopic (exact) mass is 426 g/mol. The van der Waals surface area contributed by atoms with Gasteiger partial charge in [-0.1, -0.05) is 36.0 Å². The number of imide groups is 1. The molecule has 9 heteroatoms. The highest BCUT2D eigenvalue weighted by Gasteiger charge is 2.29. The Kier molecular flexibility index (Phi) is 5.50. The summed E-state index contributed by atoms with van der Waals surface area (Å²) in [5, 5.41) is 3.50. The van der Waals surface area contributed by atoms with Crippen molar-refractivity contribution in [3.8, 4) is 0 Å². The molecule has 4 rings (SSSR count). The molecule has 148 valence electrons. The van der Waals surface area contributed by atoms with Crippen LogP contribution in [-0.4, -0.2) is 44.8 Å². The summed E-state index contributed by atoms with van der Waals surface area (Å²) < 4.78 is 1.10. The Hall–Kier alpha value is -2.91. The maximum atomic E-state index is 12.5. The van der Waals surface area contributed by atoms with E-state index < -0.39 is 0 Å². The Labute approximate surface area is 175 Å². The lowest BCUT2D eigenvalue weighted by atomic mass is 10.2. The van der Waals surface area contributed by atoms with Gasteiger partial charge in [0, 0.05) is 12.7 Å². The molecule has 0 saturated carbocycles. The number of carbonyl (C=O) groups excluding carboxylic acids is 3. The summed E-state index contributed by atoms with van der Waals surface area (Å²) in [5.41, 5.74) is 2.41. The molecule has 0 bridgehead atoms. The average molecular weight is 427 g/mol. The third kappa shape index (κ3) is 4.41. The topological polar surface area (TPSA) is 82.6 Å². The highest BCUT2D eigenvalue weighted by Crippen LogP contribution is 2.23. The van der Waals surface area contributed by atoms with Crippen LogP contribution in [-0.2, 0) is 17.9 Å². The SMILES string of the molecule is CN(Cc1nc2ccccc2s1)C(=O)Nc1ccc(CN2C(=O)CSC2=O)cc1. The van der Waals surface area contributed by atoms with Crippen molar-refractivity contribution < 1.29 is 14.4 Å². The Morgan fingerprint density at radius 1 is 1.17 bits per heavy atom. The van der Waals surface area contributed by atoms with Gasteiger partial charge in [0.25, 0.3) is 5.24 Å². The van der Waals surface area contributed by atoms with E-state index in [9.17, 15) is 14.4 Å². The number of carbonyl (C=O) groups is 3. The normalized spacial score (nSPS) is 13.9. The second kappa shape index (κ2) is 8.22. The van der Waals surface area contributed by atoms with Crippen LogP contribution >= 0.6 is 23.1 Å². The molecule has 7 nitrogen and oxygen atoms in total. The van der Waals surface area contributed by atoms with Crippen molar-refractivity contribution in [1.82, 2.24) is 14.8 Å². The fourth-order valence-corrected chi connectivity index (χ4v) is 4.64. The molecule has 1 fully saturated rings. The van der Waals surface area contributed by atoms with Crippen molar-refractivity contribution in [1.29, 1.82) is 0 Å². The zero-order valence-electron chi connectivity index (χ0n) is 15.6. The number of nitrogens with zero attached hydrogens (tertiary/aromatic N) is 3. The molecule has 0 radical (unpaired) electrons. The molecule has 1 aliphatic rings. The number of benzene rings is 2. The van der Waals surface area contributed by atoms with Crippen LogP contribution in [0.2, 0.25) is 0 Å². The first kappa shape index (κ1) is 19.4. The summed E-state index contributed by atoms with van der Waals surface area (Å²) in [6.07, 6.45) is 0. The third-order valence-electron chi connectivity index (χ3n) is 4.44. The second-order valence-corrected chi connectivity index (χ2v) is 8.63. The predicted molar refractivity (Wildman–Crippen MR) is 115 cm³/mol. The third-order valence-corrected chi connectivity index (χ3v) is 6.32. The molecular weight excluding hydrogens is 408 g/mol. The molecule has 0 unspecified atom stereocenters. The van der Waals surface area contributed by atoms with Gasteiger partial charge in [0.2, 0.25) is 5.91 Å². The molecule has 2 aromatic carbocycles. The number of hydrogen-bond acceptors (Lipinski definition) is 6. The molecule has 2 heterocycles. The van der Waals surface area contributed by atoms with E-state index >= 15 is 0 Å². The van der Waals surface area contributed by atoms with Gasteiger partial charge in [-0.25, -0.2) is 9.78 Å². The number of thioether (sulfide) groups is 1. The van der Waals surface area contributed by atoms with Gasteiger partial charge in [-0.15, -0.1) is 11.3 Å². The Morgan fingerprint density at radius 3 is 2.62 bits per heavy atom. The van der Waals surface area contributed by atoms with E-state index in [4.69, 9.17) is 0 Å². The van der Waals surface area contributed by atoms with Crippen LogP contribution in [0, 0.1) is 0 Å². The smallest absolute Gasteiger partial charge is 0.321 e. The van der Waals surface area contributed by atoms with Gasteiger partial charge in [-0.05, 0) is 29.8 Å². The molecule has 3 aromatic rings. The molecule has 0 atom stereocenters. The summed E-state index contributed by atoms with van der Waals surface area (Å²) in [5.74, 6) is 0.0300. The number of aromatic nitrogens is 1. The van der Waals surface area contributed by atoms with E-state index in [2.05, 4.69) is 10.3 Å². The number of urea groups is 1. The Morgan fingerprint density at radius 2 is 1.93 bits per heavy atom. The van der Waals surface area contributed by atoms with Gasteiger partial charge in [0.15, 0.2) is 0 Å². The van der Waals surface area contributed by atoms with Crippen molar-refractivity contribution in [2.45, 2.75) is 13.1 Å². The van der Waals surface area contributed by atoms with E-state index in [0.29, 0.717) is 12.2 Å². The van der Waals surface area contributed by atoms with Crippen LogP contribution in [0.25, 0.3) is 10.2 Å². The van der Waals surface area contributed by atoms with Crippen molar-refractivity contribution in [3.05, 3.63) is 59.1 Å². The van der Waals surface area contributed by atoms with Crippen molar-refractivity contribution in [2.75, 3.05) is 18.1 Å². The molecule has 0 aliphatic carbocycles. The number of nitrogens with one attached hydrogen (secondary N) is 1. The van der Waals surface area contributed by atoms with Gasteiger partial charge in [-0.2, -0.15) is 0 Å². The van der Waals surface area contributed by atoms with Crippen LogP contribution < -0.4 is 5.32 Å². The molecule has 1 aliphatic heterocycles. The highest BCUT2D eigenvalue weighted by atomic mass is 32.2. The number of hydrogen-bond donors (Lipinski definition) is 1. The summed E-state index contributed by atoms with van der Waals surface area (Å²) in [6, 6.07) is 14.8. The zero-order chi connectivity index (χ0) is 20.4. The van der Waals surface area contributed by atoms with E-state index in [1.165, 1.54) is 4.90 Å². The maximum Gasteiger partial charge on any atom is 0.321 e. The minimum atomic E-state index is -0.238. The largest absolute Gasteiger partial charge is 0.321 e. The molecule has 1 saturated heterocycles. The molecule has 4 amide bonds. The Balaban J connectivity index is 1.35. The lowest BCUT2D eigenvalue weighted by molar-refractivity contribution is -0.125. The summed E-state index contributed by atoms with van der Waals surface area (Å²) in [6.45, 7) is 0.663. The van der Waals surface area contributed by atoms with E-state index in [-0.39, 0.29) is 29.5 Å². The molecule has 1 aromatic heterocycles. The van der Waals surface area contributed by atoms with E-state index in [1.807, 2.05) is 24.3 Å². The fourth-order valence-electron chi connectivity index (χ4n) is 2.89. The number of rotatable bonds is 5. The van der Waals surface area contributed by atoms with E-state index in [0.717, 1.165) is 32.5 Å². The first-order valence-corrected chi connectivity index (χ1v) is 10.7. The van der Waals surface area contributed by atoms with Gasteiger partial charge >= 0.3 is 6.03 Å². The predicted octanol–water partition coefficient (Wildman–Crippen LogP) is 4.16. The molecule has 29 heavy (non-hydrogen) atoms. The molecular formula is C20H18N4O3S2. The summed E-state index contributed by atoms with van der Waals surface area (Å²) in [7, 11) is 1.72. The molecule has 0 spiro atoms. The van der Waals surface area contributed by atoms with Crippen molar-refractivity contribution >= 4 is 56.2 Å². The summed E-state index contributed by atoms with van der Waals surface area (Å²) in [4.78, 5) is 43.2. The van der Waals surface area contributed by atoms with Gasteiger partial charge in [-0.3, -0.25) is 14.5 Å². The van der Waals surface area contributed by atoms with Crippen LogP contribution in [0.15, 0.2) is 48.5 Å². The quantitative estimate of drug-likeness (QED) is 0.663. The van der Waals surface area contributed by atoms with Gasteiger partial charge < -0.3 is 10.2 Å². The number of fused-ring (bicyclic) bond motifs is 1. The lowest BCUT2D eigenvalue weighted by Gasteiger charge is -2.17. The van der Waals surface area contributed by atoms with Crippen LogP contribution in [0.5, 0.6) is 0 Å². The number of thiazole rings is 1. The standard InChI is InChI=1S/C20H18N4O3S2/c1-23(11-17-22-15-4-2-3-5-16(15)29-17)19(26)21-14-8-6-13(7-9-14)10-24-18(25)12-28-20(24)27/h2-9H,10-12H2,1H3,(H,21,26). The van der Waals surface area contributed by atoms with Gasteiger partial charge in [0.1, 0.15) is 5.01 Å². The van der Waals surface area contributed by atoms with Crippen molar-refractivity contribution in [2.24, 2.45) is 0 Å². The van der Waals surface area contributed by atoms with E-state index in [1.54, 1.807) is 47.5 Å². The molecule has 1 N–H and O–H groups in total. The van der Waals surface area contributed by atoms with Crippen LogP contribution in [0.3, 0.4) is 0 Å². The first-order valence-electron chi connectivity index (χ1n) is 8.92. The number of para-hydroxylation sites is 1. The zero-order valence-corrected chi connectivity index (χ0v) is 17.3. The Bertz CT molecular complexity index is 1030. The van der Waals surface area contributed by atoms with Gasteiger partial charge in [0.05, 0.1) is 29.1 Å². The van der Waals surface area contributed by atoms with Crippen LogP contribution in [0.1, 0.15) is 10.6 Å². The van der Waals surface area contributed by atoms with Crippen LogP contribution in [0.4, 0.5) is 15.3 Å². The highest BCUT2D eigenvalue weighted by molar-refractivity contribution is 8.14. The van der Waals surface area contributed by atoms with Crippen molar-refractivity contribution in [3.63, 3.8) is 0 Å². The maximum absolute atomic E-state index is 12.5. The first-order chi connectivity index (χ1) is 14.0. The lowest BCUT2D eigenvalue weighted by Crippen LogP contribution is -2.30. The minimum Gasteiger partial charge on any atom is -0.321 e. The fraction of sp³-hybridized carbons (Fsp3) is 0.200.